The van der Waals surface area contributed by atoms with E-state index in [1.54, 1.807) is 13.0 Å². The number of carboxylic acids is 1. The van der Waals surface area contributed by atoms with Gasteiger partial charge < -0.3 is 5.11 Å². The lowest BCUT2D eigenvalue weighted by atomic mass is 10.2. The minimum atomic E-state index is -2.88. The van der Waals surface area contributed by atoms with Crippen molar-refractivity contribution in [3.63, 3.8) is 0 Å². The van der Waals surface area contributed by atoms with Crippen molar-refractivity contribution in [2.24, 2.45) is 0 Å². The maximum Gasteiger partial charge on any atom is 0.331 e. The Bertz CT molecular complexity index is 413. The van der Waals surface area contributed by atoms with E-state index in [2.05, 4.69) is 0 Å². The van der Waals surface area contributed by atoms with E-state index in [9.17, 15) is 13.2 Å². The second kappa shape index (κ2) is 5.64. The molecule has 0 radical (unpaired) electrons. The number of aliphatic carboxylic acids is 1. The van der Waals surface area contributed by atoms with Crippen LogP contribution in [0.3, 0.4) is 0 Å². The largest absolute Gasteiger partial charge is 0.478 e. The molecule has 98 valence electrons. The summed E-state index contributed by atoms with van der Waals surface area (Å²) >= 11 is 0. The summed E-state index contributed by atoms with van der Waals surface area (Å²) < 4.78 is 22.6. The predicted molar refractivity (Wildman–Crippen MR) is 65.7 cm³/mol. The zero-order chi connectivity index (χ0) is 13.1. The molecule has 1 saturated heterocycles. The van der Waals surface area contributed by atoms with Gasteiger partial charge in [0.1, 0.15) is 0 Å². The minimum Gasteiger partial charge on any atom is -0.478 e. The van der Waals surface area contributed by atoms with E-state index < -0.39 is 15.8 Å². The fourth-order valence-corrected chi connectivity index (χ4v) is 3.71. The molecule has 5 nitrogen and oxygen atoms in total. The van der Waals surface area contributed by atoms with Gasteiger partial charge in [0.15, 0.2) is 9.84 Å². The van der Waals surface area contributed by atoms with Crippen LogP contribution in [-0.2, 0) is 14.6 Å². The molecule has 1 heterocycles. The number of likely N-dealkylation sites (N-methyl/N-ethyl adjacent to an activating group) is 1. The molecule has 6 heteroatoms. The second-order valence-corrected chi connectivity index (χ2v) is 6.61. The van der Waals surface area contributed by atoms with Crippen molar-refractivity contribution in [3.05, 3.63) is 11.6 Å². The van der Waals surface area contributed by atoms with Crippen LogP contribution in [0.4, 0.5) is 0 Å². The van der Waals surface area contributed by atoms with Crippen LogP contribution in [0.15, 0.2) is 11.6 Å². The topological polar surface area (TPSA) is 74.7 Å². The van der Waals surface area contributed by atoms with E-state index in [1.165, 1.54) is 0 Å². The van der Waals surface area contributed by atoms with Crippen LogP contribution in [0.2, 0.25) is 0 Å². The van der Waals surface area contributed by atoms with Gasteiger partial charge in [0.25, 0.3) is 0 Å². The zero-order valence-electron chi connectivity index (χ0n) is 10.2. The Morgan fingerprint density at radius 1 is 1.53 bits per heavy atom. The minimum absolute atomic E-state index is 0.0168. The zero-order valence-corrected chi connectivity index (χ0v) is 11.0. The Morgan fingerprint density at radius 3 is 2.59 bits per heavy atom. The van der Waals surface area contributed by atoms with Crippen LogP contribution in [-0.4, -0.2) is 55.5 Å². The van der Waals surface area contributed by atoms with E-state index in [0.29, 0.717) is 25.0 Å². The molecule has 0 aliphatic carbocycles. The van der Waals surface area contributed by atoms with Gasteiger partial charge in [-0.05, 0) is 19.9 Å². The first-order valence-electron chi connectivity index (χ1n) is 5.68. The molecule has 17 heavy (non-hydrogen) atoms. The highest BCUT2D eigenvalue weighted by atomic mass is 32.2. The van der Waals surface area contributed by atoms with Crippen LogP contribution in [0, 0.1) is 0 Å². The molecule has 0 saturated carbocycles. The number of nitrogens with zero attached hydrogens (tertiary/aromatic N) is 1. The summed E-state index contributed by atoms with van der Waals surface area (Å²) in [4.78, 5) is 12.7. The van der Waals surface area contributed by atoms with Gasteiger partial charge in [0.2, 0.25) is 0 Å². The lowest BCUT2D eigenvalue weighted by Gasteiger charge is -2.21. The van der Waals surface area contributed by atoms with Crippen LogP contribution in [0.5, 0.6) is 0 Å². The van der Waals surface area contributed by atoms with Crippen LogP contribution >= 0.6 is 0 Å². The van der Waals surface area contributed by atoms with Crippen molar-refractivity contribution in [3.8, 4) is 0 Å². The molecule has 0 aromatic heterocycles. The van der Waals surface area contributed by atoms with E-state index in [0.717, 1.165) is 0 Å². The van der Waals surface area contributed by atoms with Crippen molar-refractivity contribution >= 4 is 15.8 Å². The van der Waals surface area contributed by atoms with E-state index in [1.807, 2.05) is 11.9 Å². The number of carboxylic acid groups (broad SMARTS) is 1. The van der Waals surface area contributed by atoms with E-state index in [4.69, 9.17) is 5.11 Å². The number of sulfone groups is 1. The molecule has 0 aromatic rings. The Morgan fingerprint density at radius 2 is 2.18 bits per heavy atom. The number of hydrogen-bond acceptors (Lipinski definition) is 4. The molecule has 0 bridgehead atoms. The quantitative estimate of drug-likeness (QED) is 0.731. The molecule has 1 aliphatic rings. The van der Waals surface area contributed by atoms with E-state index in [-0.39, 0.29) is 17.5 Å². The molecule has 0 aromatic carbocycles. The standard InChI is InChI=1S/C11H19NO4S/c1-3-9(11(13)14)4-6-12(2)10-5-7-17(15,16)8-10/h4,10H,3,5-8H2,1-2H3,(H,13,14). The first-order valence-corrected chi connectivity index (χ1v) is 7.51. The number of hydrogen-bond donors (Lipinski definition) is 1. The monoisotopic (exact) mass is 261 g/mol. The van der Waals surface area contributed by atoms with Crippen molar-refractivity contribution in [2.45, 2.75) is 25.8 Å². The summed E-state index contributed by atoms with van der Waals surface area (Å²) in [6.07, 6.45) is 2.78. The van der Waals surface area contributed by atoms with Crippen molar-refractivity contribution < 1.29 is 18.3 Å². The Kier molecular flexibility index (Phi) is 4.70. The normalized spacial score (nSPS) is 24.2. The molecule has 0 amide bonds. The molecule has 1 rings (SSSR count). The third-order valence-corrected chi connectivity index (χ3v) is 4.86. The van der Waals surface area contributed by atoms with Gasteiger partial charge in [-0.3, -0.25) is 4.90 Å². The molecular weight excluding hydrogens is 242 g/mol. The molecule has 1 fully saturated rings. The van der Waals surface area contributed by atoms with Crippen molar-refractivity contribution in [2.75, 3.05) is 25.1 Å². The van der Waals surface area contributed by atoms with Gasteiger partial charge in [0, 0.05) is 18.2 Å². The summed E-state index contributed by atoms with van der Waals surface area (Å²) in [6, 6.07) is 0.0168. The molecule has 1 unspecified atom stereocenters. The molecule has 0 spiro atoms. The summed E-state index contributed by atoms with van der Waals surface area (Å²) in [5, 5.41) is 8.85. The first kappa shape index (κ1) is 14.2. The summed E-state index contributed by atoms with van der Waals surface area (Å²) in [6.45, 7) is 2.27. The Hall–Kier alpha value is -0.880. The summed E-state index contributed by atoms with van der Waals surface area (Å²) in [5.41, 5.74) is 0.373. The fraction of sp³-hybridized carbons (Fsp3) is 0.727. The SMILES string of the molecule is CCC(=CCN(C)C1CCS(=O)(=O)C1)C(=O)O. The smallest absolute Gasteiger partial charge is 0.331 e. The van der Waals surface area contributed by atoms with Crippen LogP contribution in [0.25, 0.3) is 0 Å². The fourth-order valence-electron chi connectivity index (χ4n) is 1.91. The number of carbonyl (C=O) groups is 1. The van der Waals surface area contributed by atoms with E-state index >= 15 is 0 Å². The van der Waals surface area contributed by atoms with Gasteiger partial charge >= 0.3 is 5.97 Å². The predicted octanol–water partition coefficient (Wildman–Crippen LogP) is 0.526. The third-order valence-electron chi connectivity index (χ3n) is 3.11. The Labute approximate surface area is 102 Å². The maximum absolute atomic E-state index is 11.3. The lowest BCUT2D eigenvalue weighted by Crippen LogP contribution is -2.33. The average molecular weight is 261 g/mol. The molecule has 1 aliphatic heterocycles. The van der Waals surface area contributed by atoms with Crippen LogP contribution in [0.1, 0.15) is 19.8 Å². The highest BCUT2D eigenvalue weighted by Gasteiger charge is 2.30. The second-order valence-electron chi connectivity index (χ2n) is 4.38. The molecule has 1 N–H and O–H groups in total. The first-order chi connectivity index (χ1) is 7.85. The third kappa shape index (κ3) is 4.12. The number of rotatable bonds is 5. The highest BCUT2D eigenvalue weighted by Crippen LogP contribution is 2.16. The van der Waals surface area contributed by atoms with Gasteiger partial charge in [-0.15, -0.1) is 0 Å². The van der Waals surface area contributed by atoms with Gasteiger partial charge in [-0.1, -0.05) is 13.0 Å². The average Bonchev–Trinajstić information content (AvgIpc) is 2.59. The maximum atomic E-state index is 11.3. The Balaban J connectivity index is 2.56. The van der Waals surface area contributed by atoms with Crippen LogP contribution < -0.4 is 0 Å². The molecular formula is C11H19NO4S. The highest BCUT2D eigenvalue weighted by molar-refractivity contribution is 7.91. The van der Waals surface area contributed by atoms with Gasteiger partial charge in [0.05, 0.1) is 11.5 Å². The summed E-state index contributed by atoms with van der Waals surface area (Å²) in [5.74, 6) is -0.475. The van der Waals surface area contributed by atoms with Crippen molar-refractivity contribution in [1.82, 2.24) is 4.90 Å². The molecule has 1 atom stereocenters. The summed E-state index contributed by atoms with van der Waals surface area (Å²) in [7, 11) is -1.05. The van der Waals surface area contributed by atoms with Crippen molar-refractivity contribution in [1.29, 1.82) is 0 Å². The van der Waals surface area contributed by atoms with Gasteiger partial charge in [-0.25, -0.2) is 13.2 Å². The lowest BCUT2D eigenvalue weighted by molar-refractivity contribution is -0.132. The van der Waals surface area contributed by atoms with Gasteiger partial charge in [-0.2, -0.15) is 0 Å².